The normalized spacial score (nSPS) is 22.0. The SMILES string of the molecule is CCC(C(=O)N1N=CCC1(O)C(F)(F)F)n1nc([N+](=O)[O-])cc1C. The summed E-state index contributed by atoms with van der Waals surface area (Å²) in [6.45, 7) is 2.93. The summed E-state index contributed by atoms with van der Waals surface area (Å²) in [5, 5.41) is 27.5. The van der Waals surface area contributed by atoms with Crippen molar-refractivity contribution in [2.24, 2.45) is 5.10 Å². The van der Waals surface area contributed by atoms with E-state index in [1.54, 1.807) is 0 Å². The smallest absolute Gasteiger partial charge is 0.362 e. The molecule has 2 unspecified atom stereocenters. The Balaban J connectivity index is 2.39. The van der Waals surface area contributed by atoms with Gasteiger partial charge in [-0.2, -0.15) is 28.0 Å². The molecule has 2 atom stereocenters. The predicted molar refractivity (Wildman–Crippen MR) is 73.9 cm³/mol. The fraction of sp³-hybridized carbons (Fsp3) is 0.583. The van der Waals surface area contributed by atoms with Crippen LogP contribution < -0.4 is 0 Å². The molecule has 0 bridgehead atoms. The van der Waals surface area contributed by atoms with Crippen LogP contribution in [-0.2, 0) is 4.79 Å². The van der Waals surface area contributed by atoms with Gasteiger partial charge in [0, 0.05) is 12.6 Å². The van der Waals surface area contributed by atoms with Gasteiger partial charge < -0.3 is 15.2 Å². The molecule has 0 aromatic carbocycles. The zero-order valence-corrected chi connectivity index (χ0v) is 12.7. The molecule has 0 saturated heterocycles. The lowest BCUT2D eigenvalue weighted by Gasteiger charge is -2.34. The van der Waals surface area contributed by atoms with Crippen LogP contribution in [0.5, 0.6) is 0 Å². The van der Waals surface area contributed by atoms with Gasteiger partial charge in [-0.25, -0.2) is 0 Å². The van der Waals surface area contributed by atoms with Gasteiger partial charge in [0.05, 0.1) is 16.9 Å². The molecule has 1 aliphatic heterocycles. The Kier molecular flexibility index (Phi) is 4.35. The van der Waals surface area contributed by atoms with Gasteiger partial charge in [0.15, 0.2) is 6.04 Å². The number of nitrogens with zero attached hydrogens (tertiary/aromatic N) is 5. The molecule has 12 heteroatoms. The van der Waals surface area contributed by atoms with Crippen LogP contribution in [0.25, 0.3) is 0 Å². The Hall–Kier alpha value is -2.50. The van der Waals surface area contributed by atoms with E-state index in [0.717, 1.165) is 17.0 Å². The zero-order chi connectivity index (χ0) is 18.3. The summed E-state index contributed by atoms with van der Waals surface area (Å²) < 4.78 is 40.2. The Labute approximate surface area is 133 Å². The number of aliphatic hydroxyl groups is 1. The van der Waals surface area contributed by atoms with Gasteiger partial charge in [0.1, 0.15) is 0 Å². The van der Waals surface area contributed by atoms with Crippen molar-refractivity contribution in [3.63, 3.8) is 0 Å². The lowest BCUT2D eigenvalue weighted by molar-refractivity contribution is -0.389. The number of nitro groups is 1. The highest BCUT2D eigenvalue weighted by molar-refractivity contribution is 5.83. The highest BCUT2D eigenvalue weighted by atomic mass is 19.4. The van der Waals surface area contributed by atoms with Gasteiger partial charge in [0.25, 0.3) is 11.6 Å². The summed E-state index contributed by atoms with van der Waals surface area (Å²) in [5.41, 5.74) is -3.22. The van der Waals surface area contributed by atoms with E-state index < -0.39 is 41.0 Å². The first-order chi connectivity index (χ1) is 11.0. The van der Waals surface area contributed by atoms with E-state index in [1.807, 2.05) is 0 Å². The molecular weight excluding hydrogens is 335 g/mol. The highest BCUT2D eigenvalue weighted by Gasteiger charge is 2.62. The summed E-state index contributed by atoms with van der Waals surface area (Å²) in [7, 11) is 0. The van der Waals surface area contributed by atoms with Crippen LogP contribution in [0.1, 0.15) is 31.5 Å². The number of carbonyl (C=O) groups is 1. The maximum absolute atomic E-state index is 13.1. The Bertz CT molecular complexity index is 701. The van der Waals surface area contributed by atoms with E-state index in [9.17, 15) is 33.2 Å². The molecule has 9 nitrogen and oxygen atoms in total. The fourth-order valence-electron chi connectivity index (χ4n) is 2.38. The topological polar surface area (TPSA) is 114 Å². The minimum absolute atomic E-state index is 0.00152. The molecule has 0 spiro atoms. The Morgan fingerprint density at radius 1 is 1.58 bits per heavy atom. The third-order valence-electron chi connectivity index (χ3n) is 3.65. The van der Waals surface area contributed by atoms with Crippen molar-refractivity contribution in [1.29, 1.82) is 0 Å². The standard InChI is InChI=1S/C12H14F3N5O4/c1-3-8(18-7(2)6-9(17-18)20(23)24)10(21)19-11(22,4-5-16-19)12(13,14)15/h5-6,8,22H,3-4H2,1-2H3. The second-order valence-corrected chi connectivity index (χ2v) is 5.24. The first-order valence-electron chi connectivity index (χ1n) is 6.89. The molecule has 1 N–H and O–H groups in total. The average molecular weight is 349 g/mol. The van der Waals surface area contributed by atoms with Crippen LogP contribution in [0.2, 0.25) is 0 Å². The van der Waals surface area contributed by atoms with E-state index in [4.69, 9.17) is 0 Å². The molecule has 1 aliphatic rings. The summed E-state index contributed by atoms with van der Waals surface area (Å²) in [4.78, 5) is 22.5. The number of hydrazone groups is 1. The van der Waals surface area contributed by atoms with Crippen molar-refractivity contribution in [3.8, 4) is 0 Å². The zero-order valence-electron chi connectivity index (χ0n) is 12.7. The van der Waals surface area contributed by atoms with Crippen molar-refractivity contribution in [2.75, 3.05) is 0 Å². The van der Waals surface area contributed by atoms with Crippen LogP contribution >= 0.6 is 0 Å². The van der Waals surface area contributed by atoms with Crippen molar-refractivity contribution in [1.82, 2.24) is 14.8 Å². The van der Waals surface area contributed by atoms with E-state index in [1.165, 1.54) is 13.8 Å². The Morgan fingerprint density at radius 2 is 2.21 bits per heavy atom. The van der Waals surface area contributed by atoms with Gasteiger partial charge in [-0.15, -0.1) is 0 Å². The van der Waals surface area contributed by atoms with Crippen LogP contribution in [-0.4, -0.2) is 48.8 Å². The van der Waals surface area contributed by atoms with E-state index >= 15 is 0 Å². The molecule has 0 radical (unpaired) electrons. The van der Waals surface area contributed by atoms with Gasteiger partial charge in [-0.3, -0.25) is 4.79 Å². The molecule has 0 fully saturated rings. The molecule has 1 amide bonds. The molecule has 1 aromatic heterocycles. The van der Waals surface area contributed by atoms with Gasteiger partial charge in [0.2, 0.25) is 0 Å². The molecule has 2 heterocycles. The van der Waals surface area contributed by atoms with Crippen LogP contribution in [0, 0.1) is 17.0 Å². The van der Waals surface area contributed by atoms with E-state index in [2.05, 4.69) is 10.2 Å². The number of halogens is 3. The van der Waals surface area contributed by atoms with Gasteiger partial charge in [-0.1, -0.05) is 6.92 Å². The minimum Gasteiger partial charge on any atom is -0.362 e. The number of aromatic nitrogens is 2. The van der Waals surface area contributed by atoms with Crippen molar-refractivity contribution >= 4 is 17.9 Å². The largest absolute Gasteiger partial charge is 0.438 e. The first kappa shape index (κ1) is 17.8. The van der Waals surface area contributed by atoms with Crippen LogP contribution in [0.3, 0.4) is 0 Å². The Morgan fingerprint density at radius 3 is 2.67 bits per heavy atom. The molecule has 0 saturated carbocycles. The minimum atomic E-state index is -5.11. The summed E-state index contributed by atoms with van der Waals surface area (Å²) in [6.07, 6.45) is -5.21. The van der Waals surface area contributed by atoms with Crippen LogP contribution in [0.4, 0.5) is 19.0 Å². The predicted octanol–water partition coefficient (Wildman–Crippen LogP) is 1.52. The third kappa shape index (κ3) is 2.72. The summed E-state index contributed by atoms with van der Waals surface area (Å²) in [5.74, 6) is -1.69. The summed E-state index contributed by atoms with van der Waals surface area (Å²) >= 11 is 0. The maximum atomic E-state index is 13.1. The number of aryl methyl sites for hydroxylation is 1. The number of hydrogen-bond acceptors (Lipinski definition) is 6. The van der Waals surface area contributed by atoms with Crippen LogP contribution in [0.15, 0.2) is 11.2 Å². The quantitative estimate of drug-likeness (QED) is 0.654. The second-order valence-electron chi connectivity index (χ2n) is 5.24. The molecular formula is C12H14F3N5O4. The average Bonchev–Trinajstić information content (AvgIpc) is 3.04. The first-order valence-corrected chi connectivity index (χ1v) is 6.89. The number of rotatable bonds is 4. The van der Waals surface area contributed by atoms with Gasteiger partial charge in [-0.05, 0) is 18.3 Å². The molecule has 2 rings (SSSR count). The number of carbonyl (C=O) groups excluding carboxylic acids is 1. The lowest BCUT2D eigenvalue weighted by atomic mass is 10.1. The third-order valence-corrected chi connectivity index (χ3v) is 3.65. The number of alkyl halides is 3. The van der Waals surface area contributed by atoms with Crippen molar-refractivity contribution < 1.29 is 28.0 Å². The second kappa shape index (κ2) is 5.85. The molecule has 1 aromatic rings. The molecule has 24 heavy (non-hydrogen) atoms. The number of hydrogen-bond donors (Lipinski definition) is 1. The van der Waals surface area contributed by atoms with Crippen molar-refractivity contribution in [2.45, 2.75) is 44.6 Å². The monoisotopic (exact) mass is 349 g/mol. The summed E-state index contributed by atoms with van der Waals surface area (Å²) in [6, 6.07) is -0.179. The van der Waals surface area contributed by atoms with Gasteiger partial charge >= 0.3 is 12.0 Å². The van der Waals surface area contributed by atoms with Crippen molar-refractivity contribution in [3.05, 3.63) is 21.9 Å². The fourth-order valence-corrected chi connectivity index (χ4v) is 2.38. The molecule has 0 aliphatic carbocycles. The lowest BCUT2D eigenvalue weighted by Crippen LogP contribution is -2.57. The molecule has 132 valence electrons. The number of amides is 1. The van der Waals surface area contributed by atoms with E-state index in [-0.39, 0.29) is 17.1 Å². The highest BCUT2D eigenvalue weighted by Crippen LogP contribution is 2.40. The van der Waals surface area contributed by atoms with E-state index in [0.29, 0.717) is 0 Å². The maximum Gasteiger partial charge on any atom is 0.438 e.